The van der Waals surface area contributed by atoms with E-state index in [0.717, 1.165) is 6.42 Å². The summed E-state index contributed by atoms with van der Waals surface area (Å²) in [6, 6.07) is 12.7. The Hall–Kier alpha value is -2.93. The summed E-state index contributed by atoms with van der Waals surface area (Å²) in [7, 11) is 0. The molecule has 3 aromatic rings. The van der Waals surface area contributed by atoms with Crippen LogP contribution in [0, 0.1) is 5.82 Å². The summed E-state index contributed by atoms with van der Waals surface area (Å²) < 4.78 is 24.7. The maximum absolute atomic E-state index is 13.2. The summed E-state index contributed by atoms with van der Waals surface area (Å²) in [5.41, 5.74) is -0.537. The SMILES string of the molecule is CCCN(Cc1nnc(-c2ccccc2Cl)o1)C(=O)C(C)(C)Oc1ccc(F)cc1. The van der Waals surface area contributed by atoms with Crippen LogP contribution in [-0.2, 0) is 11.3 Å². The van der Waals surface area contributed by atoms with Gasteiger partial charge in [0.2, 0.25) is 11.8 Å². The van der Waals surface area contributed by atoms with Gasteiger partial charge in [0.1, 0.15) is 11.6 Å². The second-order valence-electron chi connectivity index (χ2n) is 7.27. The largest absolute Gasteiger partial charge is 0.478 e. The van der Waals surface area contributed by atoms with Gasteiger partial charge in [-0.1, -0.05) is 30.7 Å². The van der Waals surface area contributed by atoms with Crippen LogP contribution in [-0.4, -0.2) is 33.2 Å². The predicted molar refractivity (Wildman–Crippen MR) is 112 cm³/mol. The van der Waals surface area contributed by atoms with Gasteiger partial charge in [-0.2, -0.15) is 0 Å². The number of benzene rings is 2. The standard InChI is InChI=1S/C22H23ClFN3O3/c1-4-13-27(21(28)22(2,3)30-16-11-9-15(24)10-12-16)14-19-25-26-20(29-19)17-7-5-6-8-18(17)23/h5-12H,4,13-14H2,1-3H3. The third kappa shape index (κ3) is 5.16. The molecular weight excluding hydrogens is 409 g/mol. The van der Waals surface area contributed by atoms with E-state index in [9.17, 15) is 9.18 Å². The van der Waals surface area contributed by atoms with Gasteiger partial charge >= 0.3 is 0 Å². The molecule has 8 heteroatoms. The van der Waals surface area contributed by atoms with Crippen LogP contribution in [0.2, 0.25) is 5.02 Å². The maximum Gasteiger partial charge on any atom is 0.266 e. The Labute approximate surface area is 179 Å². The van der Waals surface area contributed by atoms with Crippen molar-refractivity contribution in [1.29, 1.82) is 0 Å². The molecule has 158 valence electrons. The third-order valence-corrected chi connectivity index (χ3v) is 4.71. The van der Waals surface area contributed by atoms with Crippen LogP contribution >= 0.6 is 11.6 Å². The summed E-state index contributed by atoms with van der Waals surface area (Å²) >= 11 is 6.19. The Morgan fingerprint density at radius 2 is 1.87 bits per heavy atom. The number of rotatable bonds is 8. The van der Waals surface area contributed by atoms with E-state index in [0.29, 0.717) is 34.7 Å². The minimum Gasteiger partial charge on any atom is -0.478 e. The molecule has 30 heavy (non-hydrogen) atoms. The van der Waals surface area contributed by atoms with Crippen LogP contribution < -0.4 is 4.74 Å². The number of aromatic nitrogens is 2. The summed E-state index contributed by atoms with van der Waals surface area (Å²) in [6.45, 7) is 5.94. The van der Waals surface area contributed by atoms with E-state index in [1.165, 1.54) is 24.3 Å². The van der Waals surface area contributed by atoms with Crippen LogP contribution in [0.5, 0.6) is 5.75 Å². The highest BCUT2D eigenvalue weighted by atomic mass is 35.5. The van der Waals surface area contributed by atoms with Gasteiger partial charge < -0.3 is 14.1 Å². The van der Waals surface area contributed by atoms with E-state index < -0.39 is 5.60 Å². The van der Waals surface area contributed by atoms with Crippen molar-refractivity contribution in [3.8, 4) is 17.2 Å². The first-order valence-electron chi connectivity index (χ1n) is 9.61. The highest BCUT2D eigenvalue weighted by Gasteiger charge is 2.35. The first-order chi connectivity index (χ1) is 14.3. The highest BCUT2D eigenvalue weighted by molar-refractivity contribution is 6.33. The lowest BCUT2D eigenvalue weighted by Gasteiger charge is -2.31. The van der Waals surface area contributed by atoms with Gasteiger partial charge in [0, 0.05) is 6.54 Å². The summed E-state index contributed by atoms with van der Waals surface area (Å²) in [5.74, 6) is 0.381. The lowest BCUT2D eigenvalue weighted by Crippen LogP contribution is -2.48. The van der Waals surface area contributed by atoms with Crippen molar-refractivity contribution >= 4 is 17.5 Å². The number of carbonyl (C=O) groups is 1. The first-order valence-corrected chi connectivity index (χ1v) is 9.99. The molecule has 0 saturated carbocycles. The topological polar surface area (TPSA) is 68.5 Å². The van der Waals surface area contributed by atoms with Gasteiger partial charge in [0.25, 0.3) is 5.91 Å². The molecule has 2 aromatic carbocycles. The minimum atomic E-state index is -1.17. The quantitative estimate of drug-likeness (QED) is 0.494. The molecule has 0 aliphatic rings. The number of nitrogens with zero attached hydrogens (tertiary/aromatic N) is 3. The molecule has 0 atom stereocenters. The monoisotopic (exact) mass is 431 g/mol. The van der Waals surface area contributed by atoms with Crippen molar-refractivity contribution in [1.82, 2.24) is 15.1 Å². The Bertz CT molecular complexity index is 1000. The second kappa shape index (κ2) is 9.26. The molecule has 0 aliphatic carbocycles. The van der Waals surface area contributed by atoms with Crippen molar-refractivity contribution in [2.75, 3.05) is 6.54 Å². The van der Waals surface area contributed by atoms with Gasteiger partial charge in [0.15, 0.2) is 5.60 Å². The molecular formula is C22H23ClFN3O3. The molecule has 0 unspecified atom stereocenters. The highest BCUT2D eigenvalue weighted by Crippen LogP contribution is 2.27. The molecule has 0 aliphatic heterocycles. The molecule has 3 rings (SSSR count). The van der Waals surface area contributed by atoms with E-state index >= 15 is 0 Å². The maximum atomic E-state index is 13.2. The number of ether oxygens (including phenoxy) is 1. The smallest absolute Gasteiger partial charge is 0.266 e. The molecule has 0 N–H and O–H groups in total. The second-order valence-corrected chi connectivity index (χ2v) is 7.68. The zero-order valence-corrected chi connectivity index (χ0v) is 17.8. The molecule has 0 radical (unpaired) electrons. The number of carbonyl (C=O) groups excluding carboxylic acids is 1. The Morgan fingerprint density at radius 1 is 1.17 bits per heavy atom. The zero-order chi connectivity index (χ0) is 21.7. The van der Waals surface area contributed by atoms with Crippen LogP contribution in [0.25, 0.3) is 11.5 Å². The van der Waals surface area contributed by atoms with E-state index in [-0.39, 0.29) is 18.3 Å². The fraction of sp³-hybridized carbons (Fsp3) is 0.318. The van der Waals surface area contributed by atoms with Crippen molar-refractivity contribution < 1.29 is 18.3 Å². The molecule has 1 heterocycles. The third-order valence-electron chi connectivity index (χ3n) is 4.38. The Kier molecular flexibility index (Phi) is 6.72. The summed E-state index contributed by atoms with van der Waals surface area (Å²) in [6.07, 6.45) is 0.740. The van der Waals surface area contributed by atoms with Gasteiger partial charge in [-0.3, -0.25) is 4.79 Å². The van der Waals surface area contributed by atoms with Crippen LogP contribution in [0.15, 0.2) is 52.9 Å². The number of halogens is 2. The number of amides is 1. The average Bonchev–Trinajstić information content (AvgIpc) is 3.17. The van der Waals surface area contributed by atoms with E-state index in [1.807, 2.05) is 19.1 Å². The molecule has 0 fully saturated rings. The Morgan fingerprint density at radius 3 is 2.53 bits per heavy atom. The molecule has 1 aromatic heterocycles. The summed E-state index contributed by atoms with van der Waals surface area (Å²) in [4.78, 5) is 14.8. The predicted octanol–water partition coefficient (Wildman–Crippen LogP) is 5.13. The minimum absolute atomic E-state index is 0.139. The fourth-order valence-corrected chi connectivity index (χ4v) is 3.18. The van der Waals surface area contributed by atoms with Crippen molar-refractivity contribution in [3.05, 3.63) is 65.3 Å². The van der Waals surface area contributed by atoms with Crippen molar-refractivity contribution in [3.63, 3.8) is 0 Å². The van der Waals surface area contributed by atoms with Crippen LogP contribution in [0.1, 0.15) is 33.1 Å². The van der Waals surface area contributed by atoms with Crippen molar-refractivity contribution in [2.24, 2.45) is 0 Å². The molecule has 6 nitrogen and oxygen atoms in total. The first kappa shape index (κ1) is 21.8. The molecule has 0 bridgehead atoms. The van der Waals surface area contributed by atoms with E-state index in [2.05, 4.69) is 10.2 Å². The molecule has 0 saturated heterocycles. The number of hydrogen-bond acceptors (Lipinski definition) is 5. The van der Waals surface area contributed by atoms with Gasteiger partial charge in [-0.05, 0) is 56.7 Å². The van der Waals surface area contributed by atoms with Gasteiger partial charge in [-0.25, -0.2) is 4.39 Å². The van der Waals surface area contributed by atoms with E-state index in [1.54, 1.807) is 30.9 Å². The molecule has 0 spiro atoms. The fourth-order valence-electron chi connectivity index (χ4n) is 2.97. The lowest BCUT2D eigenvalue weighted by atomic mass is 10.1. The Balaban J connectivity index is 1.76. The number of hydrogen-bond donors (Lipinski definition) is 0. The van der Waals surface area contributed by atoms with Crippen molar-refractivity contribution in [2.45, 2.75) is 39.3 Å². The summed E-state index contributed by atoms with van der Waals surface area (Å²) in [5, 5.41) is 8.62. The van der Waals surface area contributed by atoms with Gasteiger partial charge in [0.05, 0.1) is 17.1 Å². The lowest BCUT2D eigenvalue weighted by molar-refractivity contribution is -0.146. The zero-order valence-electron chi connectivity index (χ0n) is 17.1. The van der Waals surface area contributed by atoms with Crippen LogP contribution in [0.3, 0.4) is 0 Å². The van der Waals surface area contributed by atoms with E-state index in [4.69, 9.17) is 20.8 Å². The van der Waals surface area contributed by atoms with Crippen LogP contribution in [0.4, 0.5) is 4.39 Å². The van der Waals surface area contributed by atoms with Gasteiger partial charge in [-0.15, -0.1) is 10.2 Å². The average molecular weight is 432 g/mol. The molecule has 1 amide bonds. The normalized spacial score (nSPS) is 11.4.